The zero-order valence-corrected chi connectivity index (χ0v) is 10.0. The Labute approximate surface area is 95.4 Å². The Morgan fingerprint density at radius 2 is 2.27 bits per heavy atom. The van der Waals surface area contributed by atoms with E-state index < -0.39 is 0 Å². The first kappa shape index (κ1) is 13.3. The predicted molar refractivity (Wildman–Crippen MR) is 62.0 cm³/mol. The molecular weight excluding hydrogens is 214 g/mol. The molecule has 0 bridgehead atoms. The van der Waals surface area contributed by atoms with E-state index in [2.05, 4.69) is 5.32 Å². The maximum absolute atomic E-state index is 9.57. The van der Waals surface area contributed by atoms with E-state index in [0.29, 0.717) is 12.8 Å². The Bertz CT molecular complexity index is 171. The molecule has 0 spiro atoms. The lowest BCUT2D eigenvalue weighted by atomic mass is 10.1. The van der Waals surface area contributed by atoms with E-state index in [-0.39, 0.29) is 24.3 Å². The van der Waals surface area contributed by atoms with Crippen molar-refractivity contribution in [1.29, 1.82) is 0 Å². The third kappa shape index (κ3) is 5.17. The zero-order valence-electron chi connectivity index (χ0n) is 9.19. The van der Waals surface area contributed by atoms with Crippen LogP contribution in [0.5, 0.6) is 0 Å². The highest BCUT2D eigenvalue weighted by atomic mass is 32.2. The monoisotopic (exact) mass is 235 g/mol. The molecule has 0 saturated carbocycles. The smallest absolute Gasteiger partial charge is 0.106 e. The number of ether oxygens (including phenoxy) is 1. The van der Waals surface area contributed by atoms with Crippen molar-refractivity contribution in [1.82, 2.24) is 5.32 Å². The molecular formula is C10H21NO3S. The lowest BCUT2D eigenvalue weighted by Gasteiger charge is -2.31. The van der Waals surface area contributed by atoms with E-state index >= 15 is 0 Å². The first-order valence-corrected chi connectivity index (χ1v) is 6.51. The van der Waals surface area contributed by atoms with Gasteiger partial charge in [0.05, 0.1) is 18.8 Å². The van der Waals surface area contributed by atoms with Crippen molar-refractivity contribution in [3.05, 3.63) is 0 Å². The Morgan fingerprint density at radius 1 is 1.47 bits per heavy atom. The standard InChI is InChI=1S/C10H21NO3S/c1-11-3-2-4-15-10-6-8(13)5-9(7-12)14-10/h8-13H,2-7H2,1H3. The highest BCUT2D eigenvalue weighted by molar-refractivity contribution is 7.99. The summed E-state index contributed by atoms with van der Waals surface area (Å²) in [7, 11) is 1.94. The van der Waals surface area contributed by atoms with E-state index in [1.807, 2.05) is 7.05 Å². The summed E-state index contributed by atoms with van der Waals surface area (Å²) in [6.45, 7) is 1.01. The minimum Gasteiger partial charge on any atom is -0.394 e. The van der Waals surface area contributed by atoms with Crippen LogP contribution >= 0.6 is 11.8 Å². The maximum atomic E-state index is 9.57. The van der Waals surface area contributed by atoms with Crippen LogP contribution in [0.3, 0.4) is 0 Å². The predicted octanol–water partition coefficient (Wildman–Crippen LogP) is 0.187. The summed E-state index contributed by atoms with van der Waals surface area (Å²) in [6, 6.07) is 0. The highest BCUT2D eigenvalue weighted by Gasteiger charge is 2.27. The van der Waals surface area contributed by atoms with Crippen molar-refractivity contribution in [2.24, 2.45) is 0 Å². The number of rotatable bonds is 6. The van der Waals surface area contributed by atoms with Gasteiger partial charge in [0.2, 0.25) is 0 Å². The molecule has 0 radical (unpaired) electrons. The minimum atomic E-state index is -0.322. The second-order valence-corrected chi connectivity index (χ2v) is 5.09. The van der Waals surface area contributed by atoms with Gasteiger partial charge in [-0.25, -0.2) is 0 Å². The SMILES string of the molecule is CNCCCSC1CC(O)CC(CO)O1. The van der Waals surface area contributed by atoms with E-state index in [1.54, 1.807) is 11.8 Å². The molecule has 0 aliphatic carbocycles. The number of thioether (sulfide) groups is 1. The van der Waals surface area contributed by atoms with E-state index in [0.717, 1.165) is 18.7 Å². The van der Waals surface area contributed by atoms with Crippen LogP contribution in [-0.2, 0) is 4.74 Å². The van der Waals surface area contributed by atoms with Crippen molar-refractivity contribution in [2.45, 2.75) is 36.9 Å². The van der Waals surface area contributed by atoms with Crippen LogP contribution in [0.4, 0.5) is 0 Å². The summed E-state index contributed by atoms with van der Waals surface area (Å²) in [5.41, 5.74) is 0.0442. The van der Waals surface area contributed by atoms with Crippen LogP contribution in [-0.4, -0.2) is 53.8 Å². The van der Waals surface area contributed by atoms with Gasteiger partial charge in [-0.1, -0.05) is 0 Å². The van der Waals surface area contributed by atoms with Gasteiger partial charge in [0, 0.05) is 12.8 Å². The molecule has 4 nitrogen and oxygen atoms in total. The first-order chi connectivity index (χ1) is 7.26. The molecule has 0 aromatic rings. The quantitative estimate of drug-likeness (QED) is 0.574. The Kier molecular flexibility index (Phi) is 6.59. The minimum absolute atomic E-state index is 0.00460. The van der Waals surface area contributed by atoms with Gasteiger partial charge < -0.3 is 20.3 Å². The first-order valence-electron chi connectivity index (χ1n) is 5.47. The molecule has 1 aliphatic heterocycles. The van der Waals surface area contributed by atoms with Crippen molar-refractivity contribution >= 4 is 11.8 Å². The van der Waals surface area contributed by atoms with Gasteiger partial charge >= 0.3 is 0 Å². The fraction of sp³-hybridized carbons (Fsp3) is 1.00. The van der Waals surface area contributed by atoms with Crippen LogP contribution in [0.15, 0.2) is 0 Å². The Morgan fingerprint density at radius 3 is 2.93 bits per heavy atom. The second-order valence-electron chi connectivity index (χ2n) is 3.82. The zero-order chi connectivity index (χ0) is 11.1. The molecule has 1 rings (SSSR count). The Balaban J connectivity index is 2.16. The molecule has 0 aromatic heterocycles. The van der Waals surface area contributed by atoms with Gasteiger partial charge in [-0.05, 0) is 25.8 Å². The molecule has 15 heavy (non-hydrogen) atoms. The maximum Gasteiger partial charge on any atom is 0.106 e. The summed E-state index contributed by atoms with van der Waals surface area (Å²) in [6.07, 6.45) is 1.83. The van der Waals surface area contributed by atoms with Crippen LogP contribution < -0.4 is 5.32 Å². The molecule has 0 amide bonds. The average molecular weight is 235 g/mol. The average Bonchev–Trinajstić information content (AvgIpc) is 2.23. The number of hydrogen-bond acceptors (Lipinski definition) is 5. The second kappa shape index (κ2) is 7.46. The third-order valence-corrected chi connectivity index (χ3v) is 3.62. The fourth-order valence-electron chi connectivity index (χ4n) is 1.64. The number of nitrogens with one attached hydrogen (secondary N) is 1. The lowest BCUT2D eigenvalue weighted by Crippen LogP contribution is -2.36. The number of aliphatic hydroxyl groups excluding tert-OH is 2. The molecule has 90 valence electrons. The number of hydrogen-bond donors (Lipinski definition) is 3. The molecule has 3 atom stereocenters. The number of aliphatic hydroxyl groups is 2. The largest absolute Gasteiger partial charge is 0.394 e. The van der Waals surface area contributed by atoms with Crippen LogP contribution in [0.25, 0.3) is 0 Å². The van der Waals surface area contributed by atoms with Gasteiger partial charge in [-0.2, -0.15) is 0 Å². The van der Waals surface area contributed by atoms with E-state index in [4.69, 9.17) is 9.84 Å². The summed E-state index contributed by atoms with van der Waals surface area (Å²) < 4.78 is 5.62. The molecule has 0 aromatic carbocycles. The van der Waals surface area contributed by atoms with Gasteiger partial charge in [0.1, 0.15) is 5.44 Å². The van der Waals surface area contributed by atoms with Crippen LogP contribution in [0, 0.1) is 0 Å². The van der Waals surface area contributed by atoms with Crippen molar-refractivity contribution in [3.8, 4) is 0 Å². The van der Waals surface area contributed by atoms with Crippen molar-refractivity contribution in [3.63, 3.8) is 0 Å². The van der Waals surface area contributed by atoms with Crippen LogP contribution in [0.1, 0.15) is 19.3 Å². The highest BCUT2D eigenvalue weighted by Crippen LogP contribution is 2.27. The molecule has 1 saturated heterocycles. The van der Waals surface area contributed by atoms with E-state index in [1.165, 1.54) is 0 Å². The van der Waals surface area contributed by atoms with E-state index in [9.17, 15) is 5.11 Å². The van der Waals surface area contributed by atoms with Crippen LogP contribution in [0.2, 0.25) is 0 Å². The molecule has 3 unspecified atom stereocenters. The topological polar surface area (TPSA) is 61.7 Å². The normalized spacial score (nSPS) is 31.8. The molecule has 3 N–H and O–H groups in total. The third-order valence-electron chi connectivity index (χ3n) is 2.42. The van der Waals surface area contributed by atoms with Gasteiger partial charge in [0.15, 0.2) is 0 Å². The fourth-order valence-corrected chi connectivity index (χ4v) is 2.80. The van der Waals surface area contributed by atoms with Crippen molar-refractivity contribution in [2.75, 3.05) is 26.0 Å². The van der Waals surface area contributed by atoms with Gasteiger partial charge in [-0.15, -0.1) is 11.8 Å². The molecule has 1 heterocycles. The summed E-state index contributed by atoms with van der Waals surface area (Å²) in [4.78, 5) is 0. The molecule has 1 fully saturated rings. The summed E-state index contributed by atoms with van der Waals surface area (Å²) in [5, 5.41) is 21.6. The van der Waals surface area contributed by atoms with Crippen molar-refractivity contribution < 1.29 is 14.9 Å². The van der Waals surface area contributed by atoms with Gasteiger partial charge in [-0.3, -0.25) is 0 Å². The lowest BCUT2D eigenvalue weighted by molar-refractivity contribution is -0.0783. The Hall–Kier alpha value is 0.190. The summed E-state index contributed by atoms with van der Waals surface area (Å²) in [5.74, 6) is 1.02. The molecule has 5 heteroatoms. The molecule has 1 aliphatic rings. The summed E-state index contributed by atoms with van der Waals surface area (Å²) >= 11 is 1.73. The van der Waals surface area contributed by atoms with Gasteiger partial charge in [0.25, 0.3) is 0 Å².